The van der Waals surface area contributed by atoms with Crippen molar-refractivity contribution < 1.29 is 9.53 Å². The van der Waals surface area contributed by atoms with Crippen molar-refractivity contribution in [3.05, 3.63) is 54.4 Å². The van der Waals surface area contributed by atoms with Gasteiger partial charge in [-0.1, -0.05) is 18.2 Å². The lowest BCUT2D eigenvalue weighted by molar-refractivity contribution is 0.0735. The quantitative estimate of drug-likeness (QED) is 0.941. The largest absolute Gasteiger partial charge is 0.457 e. The van der Waals surface area contributed by atoms with Gasteiger partial charge in [0, 0.05) is 31.4 Å². The molecule has 3 rings (SSSR count). The van der Waals surface area contributed by atoms with E-state index in [0.29, 0.717) is 18.0 Å². The van der Waals surface area contributed by atoms with Crippen LogP contribution in [0.25, 0.3) is 0 Å². The van der Waals surface area contributed by atoms with Gasteiger partial charge in [-0.3, -0.25) is 9.78 Å². The van der Waals surface area contributed by atoms with Gasteiger partial charge in [0.1, 0.15) is 17.2 Å². The van der Waals surface area contributed by atoms with Crippen molar-refractivity contribution in [2.45, 2.75) is 18.9 Å². The third-order valence-corrected chi connectivity index (χ3v) is 3.84. The molecular weight excluding hydrogens is 278 g/mol. The first-order chi connectivity index (χ1) is 10.8. The highest BCUT2D eigenvalue weighted by Gasteiger charge is 2.29. The first kappa shape index (κ1) is 14.5. The van der Waals surface area contributed by atoms with Crippen LogP contribution in [-0.2, 0) is 0 Å². The highest BCUT2D eigenvalue weighted by atomic mass is 16.5. The fourth-order valence-electron chi connectivity index (χ4n) is 2.71. The normalized spacial score (nSPS) is 17.5. The van der Waals surface area contributed by atoms with Gasteiger partial charge < -0.3 is 15.4 Å². The second-order valence-electron chi connectivity index (χ2n) is 5.32. The van der Waals surface area contributed by atoms with Crippen molar-refractivity contribution in [3.63, 3.8) is 0 Å². The van der Waals surface area contributed by atoms with Gasteiger partial charge in [-0.15, -0.1) is 0 Å². The summed E-state index contributed by atoms with van der Waals surface area (Å²) in [4.78, 5) is 18.6. The Morgan fingerprint density at radius 1 is 1.27 bits per heavy atom. The summed E-state index contributed by atoms with van der Waals surface area (Å²) >= 11 is 0. The van der Waals surface area contributed by atoms with Crippen LogP contribution >= 0.6 is 0 Å². The van der Waals surface area contributed by atoms with Crippen LogP contribution < -0.4 is 10.5 Å². The van der Waals surface area contributed by atoms with Crippen LogP contribution in [0, 0.1) is 0 Å². The summed E-state index contributed by atoms with van der Waals surface area (Å²) in [6, 6.07) is 13.0. The summed E-state index contributed by atoms with van der Waals surface area (Å²) in [6.07, 6.45) is 3.55. The molecule has 0 spiro atoms. The number of rotatable bonds is 4. The predicted octanol–water partition coefficient (Wildman–Crippen LogP) is 2.44. The van der Waals surface area contributed by atoms with E-state index in [1.165, 1.54) is 0 Å². The highest BCUT2D eigenvalue weighted by Crippen LogP contribution is 2.23. The van der Waals surface area contributed by atoms with Crippen LogP contribution in [0.5, 0.6) is 11.5 Å². The molecule has 5 nitrogen and oxygen atoms in total. The number of hydrogen-bond donors (Lipinski definition) is 1. The Morgan fingerprint density at radius 2 is 2.09 bits per heavy atom. The van der Waals surface area contributed by atoms with E-state index in [4.69, 9.17) is 10.5 Å². The van der Waals surface area contributed by atoms with E-state index < -0.39 is 0 Å². The van der Waals surface area contributed by atoms with Crippen molar-refractivity contribution in [2.24, 2.45) is 5.73 Å². The number of para-hydroxylation sites is 1. The van der Waals surface area contributed by atoms with Gasteiger partial charge in [0.25, 0.3) is 5.91 Å². The Bertz CT molecular complexity index is 645. The molecule has 1 unspecified atom stereocenters. The average Bonchev–Trinajstić information content (AvgIpc) is 3.04. The lowest BCUT2D eigenvalue weighted by Crippen LogP contribution is -2.40. The van der Waals surface area contributed by atoms with E-state index in [1.807, 2.05) is 35.2 Å². The van der Waals surface area contributed by atoms with E-state index in [9.17, 15) is 4.79 Å². The molecule has 1 aliphatic heterocycles. The van der Waals surface area contributed by atoms with Crippen molar-refractivity contribution >= 4 is 5.91 Å². The first-order valence-corrected chi connectivity index (χ1v) is 7.48. The van der Waals surface area contributed by atoms with Crippen LogP contribution in [0.2, 0.25) is 0 Å². The average molecular weight is 297 g/mol. The van der Waals surface area contributed by atoms with Gasteiger partial charge in [0.2, 0.25) is 0 Å². The minimum absolute atomic E-state index is 0.0774. The number of hydrogen-bond acceptors (Lipinski definition) is 4. The number of nitrogens with zero attached hydrogens (tertiary/aromatic N) is 2. The molecule has 1 saturated heterocycles. The number of carbonyl (C=O) groups excluding carboxylic acids is 1. The second kappa shape index (κ2) is 6.58. The lowest BCUT2D eigenvalue weighted by Gasteiger charge is -2.23. The molecule has 114 valence electrons. The Labute approximate surface area is 129 Å². The van der Waals surface area contributed by atoms with Crippen LogP contribution in [-0.4, -0.2) is 34.9 Å². The Morgan fingerprint density at radius 3 is 2.86 bits per heavy atom. The van der Waals surface area contributed by atoms with Crippen LogP contribution in [0.15, 0.2) is 48.7 Å². The van der Waals surface area contributed by atoms with E-state index >= 15 is 0 Å². The fourth-order valence-corrected chi connectivity index (χ4v) is 2.71. The first-order valence-electron chi connectivity index (χ1n) is 7.48. The molecule has 0 radical (unpaired) electrons. The number of nitrogens with two attached hydrogens (primary N) is 1. The minimum atomic E-state index is -0.0774. The fraction of sp³-hybridized carbons (Fsp3) is 0.294. The predicted molar refractivity (Wildman–Crippen MR) is 83.9 cm³/mol. The maximum atomic E-state index is 12.6. The molecule has 1 aromatic heterocycles. The van der Waals surface area contributed by atoms with Gasteiger partial charge >= 0.3 is 0 Å². The van der Waals surface area contributed by atoms with Crippen LogP contribution in [0.3, 0.4) is 0 Å². The SMILES string of the molecule is NCC1CCCN1C(=O)c1cc(Oc2ccccc2)ccn1. The van der Waals surface area contributed by atoms with Crippen LogP contribution in [0.4, 0.5) is 0 Å². The smallest absolute Gasteiger partial charge is 0.272 e. The number of ether oxygens (including phenoxy) is 1. The molecule has 5 heteroatoms. The topological polar surface area (TPSA) is 68.5 Å². The molecule has 22 heavy (non-hydrogen) atoms. The zero-order valence-electron chi connectivity index (χ0n) is 12.3. The third kappa shape index (κ3) is 3.09. The van der Waals surface area contributed by atoms with Gasteiger partial charge in [0.05, 0.1) is 0 Å². The molecule has 0 saturated carbocycles. The van der Waals surface area contributed by atoms with E-state index in [2.05, 4.69) is 4.98 Å². The summed E-state index contributed by atoms with van der Waals surface area (Å²) in [5.74, 6) is 1.26. The number of carbonyl (C=O) groups is 1. The Hall–Kier alpha value is -2.40. The minimum Gasteiger partial charge on any atom is -0.457 e. The maximum absolute atomic E-state index is 12.6. The molecule has 1 aliphatic rings. The number of pyridine rings is 1. The summed E-state index contributed by atoms with van der Waals surface area (Å²) in [7, 11) is 0. The van der Waals surface area contributed by atoms with Crippen molar-refractivity contribution in [2.75, 3.05) is 13.1 Å². The maximum Gasteiger partial charge on any atom is 0.272 e. The van der Waals surface area contributed by atoms with Crippen molar-refractivity contribution in [1.82, 2.24) is 9.88 Å². The molecule has 1 atom stereocenters. The molecule has 2 heterocycles. The van der Waals surface area contributed by atoms with Gasteiger partial charge in [-0.2, -0.15) is 0 Å². The molecule has 1 fully saturated rings. The van der Waals surface area contributed by atoms with Crippen LogP contribution in [0.1, 0.15) is 23.3 Å². The van der Waals surface area contributed by atoms with E-state index in [-0.39, 0.29) is 11.9 Å². The second-order valence-corrected chi connectivity index (χ2v) is 5.32. The highest BCUT2D eigenvalue weighted by molar-refractivity contribution is 5.93. The summed E-state index contributed by atoms with van der Waals surface area (Å²) in [5, 5.41) is 0. The molecule has 1 aromatic carbocycles. The monoisotopic (exact) mass is 297 g/mol. The summed E-state index contributed by atoms with van der Waals surface area (Å²) in [6.45, 7) is 1.23. The molecule has 0 aliphatic carbocycles. The number of benzene rings is 1. The molecular formula is C17H19N3O2. The van der Waals surface area contributed by atoms with Crippen molar-refractivity contribution in [3.8, 4) is 11.5 Å². The molecule has 2 aromatic rings. The molecule has 1 amide bonds. The van der Waals surface area contributed by atoms with Gasteiger partial charge in [-0.05, 0) is 31.0 Å². The Balaban J connectivity index is 1.77. The third-order valence-electron chi connectivity index (χ3n) is 3.84. The standard InChI is InChI=1S/C17H19N3O2/c18-12-13-5-4-10-20(13)17(21)16-11-15(8-9-19-16)22-14-6-2-1-3-7-14/h1-3,6-9,11,13H,4-5,10,12,18H2. The van der Waals surface area contributed by atoms with Gasteiger partial charge in [0.15, 0.2) is 0 Å². The molecule has 0 bridgehead atoms. The van der Waals surface area contributed by atoms with Gasteiger partial charge in [-0.25, -0.2) is 0 Å². The lowest BCUT2D eigenvalue weighted by atomic mass is 10.2. The number of aromatic nitrogens is 1. The van der Waals surface area contributed by atoms with E-state index in [1.54, 1.807) is 18.3 Å². The summed E-state index contributed by atoms with van der Waals surface area (Å²) < 4.78 is 5.75. The molecule has 2 N–H and O–H groups in total. The number of likely N-dealkylation sites (tertiary alicyclic amines) is 1. The Kier molecular flexibility index (Phi) is 4.34. The zero-order valence-corrected chi connectivity index (χ0v) is 12.3. The summed E-state index contributed by atoms with van der Waals surface area (Å²) in [5.41, 5.74) is 6.13. The van der Waals surface area contributed by atoms with Crippen molar-refractivity contribution in [1.29, 1.82) is 0 Å². The number of amides is 1. The van der Waals surface area contributed by atoms with E-state index in [0.717, 1.165) is 25.1 Å². The zero-order chi connectivity index (χ0) is 15.4.